The Hall–Kier alpha value is -6.24. The molecule has 9 aromatic rings. The molecule has 0 radical (unpaired) electrons. The maximum Gasteiger partial charge on any atom is 0.0159 e. The molecule has 0 N–H and O–H groups in total. The van der Waals surface area contributed by atoms with Crippen molar-refractivity contribution in [2.24, 2.45) is 0 Å². The SMILES string of the molecule is CC1(C)c2ccccc2-c2c(-c3c4ccccc4c(-c4ccccc4-c4ccc5ccccc5c4)c4ccc(-c5ccccc5)cc34)cccc21. The maximum atomic E-state index is 2.44. The lowest BCUT2D eigenvalue weighted by Crippen LogP contribution is -2.14. The monoisotopic (exact) mass is 648 g/mol. The van der Waals surface area contributed by atoms with E-state index in [1.54, 1.807) is 0 Å². The molecule has 0 fully saturated rings. The average molecular weight is 649 g/mol. The Bertz CT molecular complexity index is 2820. The Balaban J connectivity index is 1.34. The molecule has 9 aromatic carbocycles. The normalized spacial score (nSPS) is 13.1. The second kappa shape index (κ2) is 11.4. The Morgan fingerprint density at radius 3 is 1.67 bits per heavy atom. The van der Waals surface area contributed by atoms with Crippen LogP contribution in [0.2, 0.25) is 0 Å². The number of fused-ring (bicyclic) bond motifs is 6. The fourth-order valence-electron chi connectivity index (χ4n) is 8.84. The Morgan fingerprint density at radius 2 is 0.863 bits per heavy atom. The van der Waals surface area contributed by atoms with Crippen LogP contribution >= 0.6 is 0 Å². The number of benzene rings is 9. The van der Waals surface area contributed by atoms with Crippen molar-refractivity contribution in [1.82, 2.24) is 0 Å². The number of hydrogen-bond donors (Lipinski definition) is 0. The first-order valence-electron chi connectivity index (χ1n) is 17.9. The highest BCUT2D eigenvalue weighted by atomic mass is 14.4. The third-order valence-electron chi connectivity index (χ3n) is 11.3. The third kappa shape index (κ3) is 4.53. The molecule has 51 heavy (non-hydrogen) atoms. The summed E-state index contributed by atoms with van der Waals surface area (Å²) >= 11 is 0. The molecule has 240 valence electrons. The van der Waals surface area contributed by atoms with Crippen LogP contribution in [0, 0.1) is 0 Å². The molecule has 0 saturated carbocycles. The van der Waals surface area contributed by atoms with Crippen LogP contribution < -0.4 is 0 Å². The van der Waals surface area contributed by atoms with Gasteiger partial charge in [0.2, 0.25) is 0 Å². The first-order chi connectivity index (χ1) is 25.1. The minimum Gasteiger partial charge on any atom is -0.0622 e. The van der Waals surface area contributed by atoms with E-state index in [0.29, 0.717) is 0 Å². The van der Waals surface area contributed by atoms with E-state index in [1.165, 1.54) is 99.1 Å². The summed E-state index contributed by atoms with van der Waals surface area (Å²) in [6.45, 7) is 4.75. The lowest BCUT2D eigenvalue weighted by atomic mass is 9.80. The lowest BCUT2D eigenvalue weighted by Gasteiger charge is -2.23. The van der Waals surface area contributed by atoms with Crippen molar-refractivity contribution in [3.8, 4) is 55.6 Å². The summed E-state index contributed by atoms with van der Waals surface area (Å²) in [6, 6.07) is 67.5. The van der Waals surface area contributed by atoms with E-state index in [4.69, 9.17) is 0 Å². The zero-order valence-corrected chi connectivity index (χ0v) is 28.8. The fraction of sp³-hybridized carbons (Fsp3) is 0.0588. The second-order valence-electron chi connectivity index (χ2n) is 14.4. The van der Waals surface area contributed by atoms with Crippen LogP contribution in [0.25, 0.3) is 88.0 Å². The van der Waals surface area contributed by atoms with Crippen LogP contribution in [0.3, 0.4) is 0 Å². The molecule has 0 aromatic heterocycles. The lowest BCUT2D eigenvalue weighted by molar-refractivity contribution is 0.660. The zero-order chi connectivity index (χ0) is 34.1. The van der Waals surface area contributed by atoms with Crippen LogP contribution in [0.1, 0.15) is 25.0 Å². The molecule has 0 amide bonds. The molecule has 0 nitrogen and oxygen atoms in total. The van der Waals surface area contributed by atoms with Gasteiger partial charge in [0.25, 0.3) is 0 Å². The van der Waals surface area contributed by atoms with Gasteiger partial charge in [-0.3, -0.25) is 0 Å². The summed E-state index contributed by atoms with van der Waals surface area (Å²) in [4.78, 5) is 0. The molecule has 10 rings (SSSR count). The molecule has 0 unspecified atom stereocenters. The Morgan fingerprint density at radius 1 is 0.294 bits per heavy atom. The molecular weight excluding hydrogens is 613 g/mol. The predicted octanol–water partition coefficient (Wildman–Crippen LogP) is 14.1. The summed E-state index contributed by atoms with van der Waals surface area (Å²) in [6.07, 6.45) is 0. The van der Waals surface area contributed by atoms with Crippen molar-refractivity contribution < 1.29 is 0 Å². The third-order valence-corrected chi connectivity index (χ3v) is 11.3. The molecule has 0 atom stereocenters. The average Bonchev–Trinajstić information content (AvgIpc) is 3.43. The summed E-state index contributed by atoms with van der Waals surface area (Å²) in [5.74, 6) is 0. The van der Waals surface area contributed by atoms with Gasteiger partial charge in [0.1, 0.15) is 0 Å². The summed E-state index contributed by atoms with van der Waals surface area (Å²) in [7, 11) is 0. The molecule has 0 aliphatic heterocycles. The highest BCUT2D eigenvalue weighted by Crippen LogP contribution is 2.55. The molecule has 0 heterocycles. The van der Waals surface area contributed by atoms with Crippen LogP contribution in [-0.2, 0) is 5.41 Å². The predicted molar refractivity (Wildman–Crippen MR) is 218 cm³/mol. The first-order valence-corrected chi connectivity index (χ1v) is 17.9. The molecule has 1 aliphatic carbocycles. The van der Waals surface area contributed by atoms with E-state index in [2.05, 4.69) is 196 Å². The van der Waals surface area contributed by atoms with Crippen LogP contribution in [0.5, 0.6) is 0 Å². The van der Waals surface area contributed by atoms with Crippen molar-refractivity contribution in [3.63, 3.8) is 0 Å². The smallest absolute Gasteiger partial charge is 0.0159 e. The fourth-order valence-corrected chi connectivity index (χ4v) is 8.84. The minimum absolute atomic E-state index is 0.0819. The molecule has 0 heteroatoms. The van der Waals surface area contributed by atoms with Gasteiger partial charge < -0.3 is 0 Å². The maximum absolute atomic E-state index is 2.44. The second-order valence-corrected chi connectivity index (χ2v) is 14.4. The summed E-state index contributed by atoms with van der Waals surface area (Å²) < 4.78 is 0. The van der Waals surface area contributed by atoms with E-state index < -0.39 is 0 Å². The van der Waals surface area contributed by atoms with Gasteiger partial charge in [-0.1, -0.05) is 184 Å². The minimum atomic E-state index is -0.0819. The zero-order valence-electron chi connectivity index (χ0n) is 28.8. The van der Waals surface area contributed by atoms with Gasteiger partial charge in [0.15, 0.2) is 0 Å². The van der Waals surface area contributed by atoms with E-state index in [1.807, 2.05) is 0 Å². The van der Waals surface area contributed by atoms with Crippen LogP contribution in [0.4, 0.5) is 0 Å². The number of hydrogen-bond acceptors (Lipinski definition) is 0. The van der Waals surface area contributed by atoms with Gasteiger partial charge in [-0.2, -0.15) is 0 Å². The van der Waals surface area contributed by atoms with E-state index in [-0.39, 0.29) is 5.41 Å². The van der Waals surface area contributed by atoms with Crippen molar-refractivity contribution in [2.75, 3.05) is 0 Å². The quantitative estimate of drug-likeness (QED) is 0.167. The first kappa shape index (κ1) is 29.7. The molecule has 0 saturated heterocycles. The van der Waals surface area contributed by atoms with Gasteiger partial charge in [-0.05, 0) is 111 Å². The summed E-state index contributed by atoms with van der Waals surface area (Å²) in [5.41, 5.74) is 15.5. The highest BCUT2D eigenvalue weighted by molar-refractivity contribution is 6.24. The van der Waals surface area contributed by atoms with Gasteiger partial charge >= 0.3 is 0 Å². The van der Waals surface area contributed by atoms with Crippen molar-refractivity contribution in [3.05, 3.63) is 193 Å². The molecule has 0 spiro atoms. The Labute approximate surface area is 299 Å². The summed E-state index contributed by atoms with van der Waals surface area (Å²) in [5, 5.41) is 7.59. The van der Waals surface area contributed by atoms with E-state index >= 15 is 0 Å². The topological polar surface area (TPSA) is 0 Å². The van der Waals surface area contributed by atoms with Crippen molar-refractivity contribution >= 4 is 32.3 Å². The largest absolute Gasteiger partial charge is 0.0622 e. The molecule has 0 bridgehead atoms. The molecular formula is C51H36. The number of rotatable bonds is 4. The molecule has 1 aliphatic rings. The van der Waals surface area contributed by atoms with Crippen molar-refractivity contribution in [2.45, 2.75) is 19.3 Å². The standard InChI is InChI=1S/C51H36/c1-51(2)46-25-13-12-23-43(46)50-44(24-14-26-47(50)51)49-41-22-11-10-21-40(41)48(42-30-29-36(32-45(42)49)33-15-4-3-5-16-33)39-20-9-8-19-38(39)37-28-27-34-17-6-7-18-35(34)31-37/h3-32H,1-2H3. The van der Waals surface area contributed by atoms with E-state index in [9.17, 15) is 0 Å². The van der Waals surface area contributed by atoms with Crippen LogP contribution in [-0.4, -0.2) is 0 Å². The van der Waals surface area contributed by atoms with Gasteiger partial charge in [-0.25, -0.2) is 0 Å². The van der Waals surface area contributed by atoms with Gasteiger partial charge in [-0.15, -0.1) is 0 Å². The highest BCUT2D eigenvalue weighted by Gasteiger charge is 2.37. The van der Waals surface area contributed by atoms with Gasteiger partial charge in [0.05, 0.1) is 0 Å². The van der Waals surface area contributed by atoms with Crippen LogP contribution in [0.15, 0.2) is 182 Å². The Kier molecular flexibility index (Phi) is 6.63. The van der Waals surface area contributed by atoms with Gasteiger partial charge in [0, 0.05) is 5.41 Å². The van der Waals surface area contributed by atoms with E-state index in [0.717, 1.165) is 0 Å². The van der Waals surface area contributed by atoms with Crippen molar-refractivity contribution in [1.29, 1.82) is 0 Å².